The Morgan fingerprint density at radius 2 is 2.39 bits per heavy atom. The van der Waals surface area contributed by atoms with Gasteiger partial charge < -0.3 is 25.4 Å². The fourth-order valence-electron chi connectivity index (χ4n) is 2.01. The fourth-order valence-corrected chi connectivity index (χ4v) is 2.01. The van der Waals surface area contributed by atoms with Gasteiger partial charge in [0.25, 0.3) is 0 Å². The summed E-state index contributed by atoms with van der Waals surface area (Å²) >= 11 is 0. The van der Waals surface area contributed by atoms with Crippen molar-refractivity contribution < 1.29 is 19.7 Å². The molecule has 8 nitrogen and oxygen atoms in total. The van der Waals surface area contributed by atoms with E-state index in [0.717, 1.165) is 4.57 Å². The van der Waals surface area contributed by atoms with Crippen LogP contribution in [0.4, 0.5) is 5.82 Å². The number of methoxy groups -OCH3 is 1. The quantitative estimate of drug-likeness (QED) is 0.578. The minimum atomic E-state index is -1.07. The SMILES string of the molecule is CO[C@H]1[C@@H](O)[C@H](n2ccc(N)nc2=O)O[C@@H]1CO. The number of nitrogen functional groups attached to an aromatic ring is 1. The van der Waals surface area contributed by atoms with Gasteiger partial charge in [0, 0.05) is 13.3 Å². The van der Waals surface area contributed by atoms with Crippen LogP contribution in [0.5, 0.6) is 0 Å². The minimum Gasteiger partial charge on any atom is -0.394 e. The van der Waals surface area contributed by atoms with Gasteiger partial charge in [0.05, 0.1) is 6.61 Å². The van der Waals surface area contributed by atoms with E-state index in [0.29, 0.717) is 0 Å². The van der Waals surface area contributed by atoms with Crippen molar-refractivity contribution in [3.05, 3.63) is 22.7 Å². The van der Waals surface area contributed by atoms with E-state index in [9.17, 15) is 9.90 Å². The Morgan fingerprint density at radius 1 is 1.67 bits per heavy atom. The molecule has 18 heavy (non-hydrogen) atoms. The molecule has 8 heteroatoms. The van der Waals surface area contributed by atoms with Crippen LogP contribution in [-0.4, -0.2) is 51.8 Å². The molecular formula is C10H15N3O5. The van der Waals surface area contributed by atoms with Crippen molar-refractivity contribution in [1.29, 1.82) is 0 Å². The summed E-state index contributed by atoms with van der Waals surface area (Å²) in [4.78, 5) is 15.2. The Morgan fingerprint density at radius 3 is 2.89 bits per heavy atom. The highest BCUT2D eigenvalue weighted by Gasteiger charge is 2.45. The summed E-state index contributed by atoms with van der Waals surface area (Å²) in [6, 6.07) is 1.42. The molecule has 0 unspecified atom stereocenters. The normalized spacial score (nSPS) is 31.7. The summed E-state index contributed by atoms with van der Waals surface area (Å²) in [6.45, 7) is -0.316. The van der Waals surface area contributed by atoms with Crippen LogP contribution < -0.4 is 11.4 Å². The number of hydrogen-bond acceptors (Lipinski definition) is 7. The molecule has 0 aliphatic carbocycles. The number of aliphatic hydroxyl groups is 2. The second-order valence-electron chi connectivity index (χ2n) is 3.98. The first-order chi connectivity index (χ1) is 8.58. The average molecular weight is 257 g/mol. The van der Waals surface area contributed by atoms with Gasteiger partial charge >= 0.3 is 5.69 Å². The standard InChI is InChI=1S/C10H15N3O5/c1-17-8-5(4-14)18-9(7(8)15)13-3-2-6(11)12-10(13)16/h2-3,5,7-9,14-15H,4H2,1H3,(H2,11,12,16)/t5-,7-,8-,9-/m1/s1. The molecule has 1 aromatic heterocycles. The maximum absolute atomic E-state index is 11.6. The molecule has 1 aliphatic heterocycles. The molecule has 2 rings (SSSR count). The van der Waals surface area contributed by atoms with Crippen molar-refractivity contribution in [2.75, 3.05) is 19.5 Å². The van der Waals surface area contributed by atoms with Crippen molar-refractivity contribution >= 4 is 5.82 Å². The third-order valence-electron chi connectivity index (χ3n) is 2.89. The molecule has 0 amide bonds. The molecule has 1 saturated heterocycles. The van der Waals surface area contributed by atoms with Crippen LogP contribution in [0, 0.1) is 0 Å². The molecule has 100 valence electrons. The molecule has 4 N–H and O–H groups in total. The lowest BCUT2D eigenvalue weighted by Crippen LogP contribution is -2.37. The second-order valence-corrected chi connectivity index (χ2v) is 3.98. The molecule has 0 spiro atoms. The van der Waals surface area contributed by atoms with Crippen molar-refractivity contribution in [3.8, 4) is 0 Å². The molecule has 0 radical (unpaired) electrons. The smallest absolute Gasteiger partial charge is 0.351 e. The Bertz CT molecular complexity index is 477. The summed E-state index contributed by atoms with van der Waals surface area (Å²) < 4.78 is 11.6. The number of aromatic nitrogens is 2. The topological polar surface area (TPSA) is 120 Å². The number of rotatable bonds is 3. The number of nitrogens with two attached hydrogens (primary N) is 1. The Balaban J connectivity index is 2.32. The Labute approximate surface area is 103 Å². The zero-order chi connectivity index (χ0) is 13.3. The highest BCUT2D eigenvalue weighted by Crippen LogP contribution is 2.29. The second kappa shape index (κ2) is 5.02. The molecule has 1 aromatic rings. The van der Waals surface area contributed by atoms with E-state index in [2.05, 4.69) is 4.98 Å². The van der Waals surface area contributed by atoms with E-state index in [1.54, 1.807) is 0 Å². The third kappa shape index (κ3) is 2.10. The van der Waals surface area contributed by atoms with Crippen molar-refractivity contribution in [2.45, 2.75) is 24.5 Å². The maximum Gasteiger partial charge on any atom is 0.351 e. The lowest BCUT2D eigenvalue weighted by molar-refractivity contribution is -0.0568. The molecule has 1 aliphatic rings. The number of aliphatic hydroxyl groups excluding tert-OH is 2. The maximum atomic E-state index is 11.6. The molecule has 0 aromatic carbocycles. The van der Waals surface area contributed by atoms with Crippen LogP contribution in [0.25, 0.3) is 0 Å². The molecule has 2 heterocycles. The van der Waals surface area contributed by atoms with Crippen LogP contribution in [0.2, 0.25) is 0 Å². The van der Waals surface area contributed by atoms with E-state index in [1.165, 1.54) is 19.4 Å². The first kappa shape index (κ1) is 13.0. The van der Waals surface area contributed by atoms with Crippen LogP contribution in [-0.2, 0) is 9.47 Å². The van der Waals surface area contributed by atoms with Crippen LogP contribution >= 0.6 is 0 Å². The highest BCUT2D eigenvalue weighted by atomic mass is 16.6. The van der Waals surface area contributed by atoms with E-state index < -0.39 is 30.2 Å². The summed E-state index contributed by atoms with van der Waals surface area (Å²) in [5.41, 5.74) is 4.74. The van der Waals surface area contributed by atoms with Crippen molar-refractivity contribution in [3.63, 3.8) is 0 Å². The molecule has 0 bridgehead atoms. The van der Waals surface area contributed by atoms with E-state index in [1.807, 2.05) is 0 Å². The summed E-state index contributed by atoms with van der Waals surface area (Å²) in [7, 11) is 1.40. The van der Waals surface area contributed by atoms with Gasteiger partial charge in [0.15, 0.2) is 6.23 Å². The van der Waals surface area contributed by atoms with Gasteiger partial charge in [-0.3, -0.25) is 4.57 Å². The largest absolute Gasteiger partial charge is 0.394 e. The van der Waals surface area contributed by atoms with Crippen molar-refractivity contribution in [1.82, 2.24) is 9.55 Å². The Hall–Kier alpha value is -1.48. The molecule has 0 saturated carbocycles. The molecular weight excluding hydrogens is 242 g/mol. The lowest BCUT2D eigenvalue weighted by Gasteiger charge is -2.18. The first-order valence-electron chi connectivity index (χ1n) is 5.40. The first-order valence-corrected chi connectivity index (χ1v) is 5.40. The lowest BCUT2D eigenvalue weighted by atomic mass is 10.1. The van der Waals surface area contributed by atoms with Crippen LogP contribution in [0.3, 0.4) is 0 Å². The highest BCUT2D eigenvalue weighted by molar-refractivity contribution is 5.23. The van der Waals surface area contributed by atoms with Gasteiger partial charge in [0.2, 0.25) is 0 Å². The number of nitrogens with zero attached hydrogens (tertiary/aromatic N) is 2. The van der Waals surface area contributed by atoms with Gasteiger partial charge in [-0.15, -0.1) is 0 Å². The summed E-state index contributed by atoms with van der Waals surface area (Å²) in [5.74, 6) is 0.0886. The number of anilines is 1. The molecule has 1 fully saturated rings. The minimum absolute atomic E-state index is 0.0886. The van der Waals surface area contributed by atoms with Gasteiger partial charge in [0.1, 0.15) is 24.1 Å². The third-order valence-corrected chi connectivity index (χ3v) is 2.89. The molecule has 4 atom stereocenters. The van der Waals surface area contributed by atoms with Gasteiger partial charge in [-0.2, -0.15) is 4.98 Å². The van der Waals surface area contributed by atoms with Crippen LogP contribution in [0.15, 0.2) is 17.1 Å². The van der Waals surface area contributed by atoms with E-state index >= 15 is 0 Å². The average Bonchev–Trinajstić information content (AvgIpc) is 2.66. The number of hydrogen-bond donors (Lipinski definition) is 3. The summed E-state index contributed by atoms with van der Waals surface area (Å²) in [6.07, 6.45) is -2.04. The zero-order valence-electron chi connectivity index (χ0n) is 9.76. The monoisotopic (exact) mass is 257 g/mol. The Kier molecular flexibility index (Phi) is 3.62. The predicted molar refractivity (Wildman–Crippen MR) is 60.7 cm³/mol. The zero-order valence-corrected chi connectivity index (χ0v) is 9.76. The van der Waals surface area contributed by atoms with Crippen molar-refractivity contribution in [2.24, 2.45) is 0 Å². The predicted octanol–water partition coefficient (Wildman–Crippen LogP) is -1.91. The number of ether oxygens (including phenoxy) is 2. The van der Waals surface area contributed by atoms with Gasteiger partial charge in [-0.05, 0) is 6.07 Å². The van der Waals surface area contributed by atoms with E-state index in [4.69, 9.17) is 20.3 Å². The fraction of sp³-hybridized carbons (Fsp3) is 0.600. The van der Waals surface area contributed by atoms with E-state index in [-0.39, 0.29) is 12.4 Å². The van der Waals surface area contributed by atoms with Crippen LogP contribution in [0.1, 0.15) is 6.23 Å². The van der Waals surface area contributed by atoms with Gasteiger partial charge in [-0.1, -0.05) is 0 Å². The van der Waals surface area contributed by atoms with Gasteiger partial charge in [-0.25, -0.2) is 4.79 Å². The summed E-state index contributed by atoms with van der Waals surface area (Å²) in [5, 5.41) is 19.1.